The number of hydrogen-bond acceptors (Lipinski definition) is 10. The van der Waals surface area contributed by atoms with Crippen molar-refractivity contribution in [2.75, 3.05) is 45.6 Å². The van der Waals surface area contributed by atoms with Gasteiger partial charge in [0.25, 0.3) is 0 Å². The van der Waals surface area contributed by atoms with E-state index >= 15 is 0 Å². The van der Waals surface area contributed by atoms with Gasteiger partial charge in [0.15, 0.2) is 6.29 Å². The molecule has 4 N–H and O–H groups in total. The van der Waals surface area contributed by atoms with Crippen molar-refractivity contribution in [3.63, 3.8) is 0 Å². The van der Waals surface area contributed by atoms with Crippen LogP contribution in [0.3, 0.4) is 0 Å². The van der Waals surface area contributed by atoms with Crippen molar-refractivity contribution >= 4 is 27.9 Å². The number of sulfonamides is 1. The summed E-state index contributed by atoms with van der Waals surface area (Å²) in [5, 5.41) is 25.5. The first-order valence-electron chi connectivity index (χ1n) is 16.0. The summed E-state index contributed by atoms with van der Waals surface area (Å²) in [4.78, 5) is 25.3. The van der Waals surface area contributed by atoms with Crippen molar-refractivity contribution in [1.29, 1.82) is 0 Å². The van der Waals surface area contributed by atoms with E-state index in [9.17, 15) is 28.2 Å². The lowest BCUT2D eigenvalue weighted by atomic mass is 9.87. The molecule has 260 valence electrons. The molecule has 0 bridgehead atoms. The first-order chi connectivity index (χ1) is 22.2. The molecule has 2 fully saturated rings. The van der Waals surface area contributed by atoms with Crippen LogP contribution in [0.5, 0.6) is 0 Å². The zero-order valence-electron chi connectivity index (χ0n) is 27.2. The summed E-state index contributed by atoms with van der Waals surface area (Å²) in [6.07, 6.45) is -1.46. The molecule has 0 aliphatic carbocycles. The van der Waals surface area contributed by atoms with Crippen molar-refractivity contribution in [2.45, 2.75) is 75.4 Å². The molecule has 2 saturated heterocycles. The number of anilines is 1. The summed E-state index contributed by atoms with van der Waals surface area (Å²) in [6.45, 7) is 4.63. The van der Waals surface area contributed by atoms with Gasteiger partial charge in [0.05, 0.1) is 36.2 Å². The highest BCUT2D eigenvalue weighted by Crippen LogP contribution is 2.33. The second-order valence-electron chi connectivity index (χ2n) is 13.2. The number of benzene rings is 2. The number of fused-ring (bicyclic) bond motifs is 1. The summed E-state index contributed by atoms with van der Waals surface area (Å²) in [5.41, 5.74) is 6.51. The lowest BCUT2D eigenvalue weighted by Crippen LogP contribution is -2.52. The Bertz CT molecular complexity index is 1430. The van der Waals surface area contributed by atoms with Gasteiger partial charge in [0, 0.05) is 32.4 Å². The average Bonchev–Trinajstić information content (AvgIpc) is 3.64. The van der Waals surface area contributed by atoms with E-state index in [-0.39, 0.29) is 36.9 Å². The molecule has 2 aromatic carbocycles. The van der Waals surface area contributed by atoms with Gasteiger partial charge in [0.2, 0.25) is 10.0 Å². The summed E-state index contributed by atoms with van der Waals surface area (Å²) in [7, 11) is -2.67. The largest absolute Gasteiger partial charge is 0.530 e. The van der Waals surface area contributed by atoms with E-state index in [2.05, 4.69) is 5.32 Å². The molecule has 0 unspecified atom stereocenters. The van der Waals surface area contributed by atoms with Crippen LogP contribution in [-0.4, -0.2) is 99.4 Å². The molecule has 2 aliphatic heterocycles. The van der Waals surface area contributed by atoms with Crippen molar-refractivity contribution in [3.05, 3.63) is 60.2 Å². The topological polar surface area (TPSA) is 184 Å². The second-order valence-corrected chi connectivity index (χ2v) is 15.1. The Balaban J connectivity index is 1.52. The zero-order chi connectivity index (χ0) is 34.2. The molecule has 13 nitrogen and oxygen atoms in total. The Hall–Kier alpha value is -3.43. The lowest BCUT2D eigenvalue weighted by molar-refractivity contribution is -0.264. The summed E-state index contributed by atoms with van der Waals surface area (Å²) in [5.74, 6) is -0.0674. The Labute approximate surface area is 277 Å². The summed E-state index contributed by atoms with van der Waals surface area (Å²) >= 11 is 0. The number of nitrogens with one attached hydrogen (secondary N) is 1. The molecular weight excluding hydrogens is 628 g/mol. The van der Waals surface area contributed by atoms with Crippen molar-refractivity contribution < 1.29 is 42.4 Å². The fourth-order valence-electron chi connectivity index (χ4n) is 5.99. The molecule has 0 aromatic heterocycles. The Morgan fingerprint density at radius 3 is 2.51 bits per heavy atom. The van der Waals surface area contributed by atoms with E-state index in [0.29, 0.717) is 44.5 Å². The molecule has 0 spiro atoms. The van der Waals surface area contributed by atoms with E-state index in [1.54, 1.807) is 0 Å². The van der Waals surface area contributed by atoms with Crippen LogP contribution in [0.25, 0.3) is 0 Å². The van der Waals surface area contributed by atoms with E-state index in [4.69, 9.17) is 19.9 Å². The van der Waals surface area contributed by atoms with Gasteiger partial charge in [-0.05, 0) is 60.9 Å². The maximum Gasteiger partial charge on any atom is 0.407 e. The van der Waals surface area contributed by atoms with E-state index in [0.717, 1.165) is 10.5 Å². The van der Waals surface area contributed by atoms with Crippen LogP contribution < -0.4 is 16.2 Å². The highest BCUT2D eigenvalue weighted by molar-refractivity contribution is 7.89. The minimum absolute atomic E-state index is 0.0202. The molecule has 2 aliphatic rings. The lowest BCUT2D eigenvalue weighted by Gasteiger charge is -2.35. The number of alkyl carbamates (subject to hydrolysis) is 1. The fourth-order valence-corrected chi connectivity index (χ4v) is 7.64. The monoisotopic (exact) mass is 675 g/mol. The van der Waals surface area contributed by atoms with E-state index in [1.807, 2.05) is 44.2 Å². The molecule has 2 amide bonds. The molecule has 4 rings (SSSR count). The highest BCUT2D eigenvalue weighted by atomic mass is 32.2. The van der Waals surface area contributed by atoms with Crippen LogP contribution in [-0.2, 0) is 30.7 Å². The first kappa shape index (κ1) is 36.4. The maximum atomic E-state index is 14.0. The predicted molar refractivity (Wildman–Crippen MR) is 172 cm³/mol. The Kier molecular flexibility index (Phi) is 12.5. The number of amides is 2. The van der Waals surface area contributed by atoms with Gasteiger partial charge in [-0.2, -0.15) is 4.31 Å². The van der Waals surface area contributed by atoms with Crippen LogP contribution >= 0.6 is 0 Å². The maximum absolute atomic E-state index is 14.0. The normalized spacial score (nSPS) is 20.8. The molecule has 2 heterocycles. The minimum atomic E-state index is -4.12. The van der Waals surface area contributed by atoms with Crippen molar-refractivity contribution in [1.82, 2.24) is 14.5 Å². The third-order valence-corrected chi connectivity index (χ3v) is 10.6. The molecule has 0 radical (unpaired) electrons. The Morgan fingerprint density at radius 2 is 1.83 bits per heavy atom. The van der Waals surface area contributed by atoms with Gasteiger partial charge in [-0.3, -0.25) is 0 Å². The van der Waals surface area contributed by atoms with Crippen LogP contribution in [0.1, 0.15) is 45.1 Å². The molecule has 2 aromatic rings. The number of nitrogens with two attached hydrogens (primary N) is 1. The molecule has 0 saturated carbocycles. The van der Waals surface area contributed by atoms with Gasteiger partial charge < -0.3 is 45.2 Å². The third kappa shape index (κ3) is 10.3. The van der Waals surface area contributed by atoms with Crippen LogP contribution in [0.2, 0.25) is 0 Å². The van der Waals surface area contributed by atoms with Gasteiger partial charge >= 0.3 is 6.09 Å². The molecular formula is C33H47N4O9S-. The van der Waals surface area contributed by atoms with Gasteiger partial charge in [-0.25, -0.2) is 13.2 Å². The van der Waals surface area contributed by atoms with Gasteiger partial charge in [-0.15, -0.1) is 0 Å². The highest BCUT2D eigenvalue weighted by Gasteiger charge is 2.44. The smallest absolute Gasteiger partial charge is 0.407 e. The number of ether oxygens (including phenoxy) is 3. The number of nitrogens with zero attached hydrogens (tertiary/aromatic N) is 2. The SMILES string of the molecule is CN(CCCCC(C)(C)CN(C[C@@H](O)[C@H](Cc1ccccc1)NC(=O)O[C@@H]1CO[C@@H]2OCC[C@@H]21)S(=O)(=O)c1ccc(N)cc1)C(=O)[O-]. The first-order valence-corrected chi connectivity index (χ1v) is 17.4. The van der Waals surface area contributed by atoms with E-state index in [1.165, 1.54) is 35.6 Å². The van der Waals surface area contributed by atoms with Crippen LogP contribution in [0, 0.1) is 11.3 Å². The second kappa shape index (κ2) is 16.1. The number of unbranched alkanes of at least 4 members (excludes halogenated alkanes) is 1. The Morgan fingerprint density at radius 1 is 1.13 bits per heavy atom. The molecule has 47 heavy (non-hydrogen) atoms. The number of carboxylic acid groups (broad SMARTS) is 1. The van der Waals surface area contributed by atoms with Gasteiger partial charge in [0.1, 0.15) is 12.2 Å². The minimum Gasteiger partial charge on any atom is -0.530 e. The average molecular weight is 676 g/mol. The summed E-state index contributed by atoms with van der Waals surface area (Å²) < 4.78 is 46.2. The quantitative estimate of drug-likeness (QED) is 0.176. The number of carbonyl (C=O) groups is 2. The standard InChI is InChI=1S/C33H48N4O9S/c1-33(2,16-7-8-17-36(3)32(40)41)22-37(47(42,43)25-13-11-24(34)12-14-25)20-28(38)27(19-23-9-5-4-6-10-23)35-31(39)46-29-21-45-30-26(29)15-18-44-30/h4-6,9-14,26-30,38H,7-8,15-22,34H2,1-3H3,(H,35,39)(H,40,41)/p-1/t26-,27+,28-,29-,30+/m1/s1. The van der Waals surface area contributed by atoms with Crippen LogP contribution in [0.4, 0.5) is 15.3 Å². The van der Waals surface area contributed by atoms with E-state index < -0.39 is 52.2 Å². The van der Waals surface area contributed by atoms with Crippen molar-refractivity contribution in [2.24, 2.45) is 11.3 Å². The predicted octanol–water partition coefficient (Wildman–Crippen LogP) is 2.19. The molecule has 14 heteroatoms. The number of hydrogen-bond donors (Lipinski definition) is 3. The number of aliphatic hydroxyl groups is 1. The summed E-state index contributed by atoms with van der Waals surface area (Å²) in [6, 6.07) is 14.2. The zero-order valence-corrected chi connectivity index (χ0v) is 28.1. The third-order valence-electron chi connectivity index (χ3n) is 8.73. The van der Waals surface area contributed by atoms with Crippen molar-refractivity contribution in [3.8, 4) is 0 Å². The number of aliphatic hydroxyl groups excluding tert-OH is 1. The van der Waals surface area contributed by atoms with Gasteiger partial charge in [-0.1, -0.05) is 50.6 Å². The fraction of sp³-hybridized carbons (Fsp3) is 0.576. The number of rotatable bonds is 16. The number of nitrogen functional groups attached to an aromatic ring is 1. The van der Waals surface area contributed by atoms with Crippen LogP contribution in [0.15, 0.2) is 59.5 Å². The molecule has 5 atom stereocenters. The number of carbonyl (C=O) groups excluding carboxylic acids is 2.